The predicted molar refractivity (Wildman–Crippen MR) is 71.1 cm³/mol. The van der Waals surface area contributed by atoms with Crippen LogP contribution in [0.25, 0.3) is 0 Å². The van der Waals surface area contributed by atoms with Gasteiger partial charge in [-0.3, -0.25) is 0 Å². The maximum absolute atomic E-state index is 6.34. The molecule has 0 aliphatic rings. The molecule has 0 atom stereocenters. The third kappa shape index (κ3) is 2.67. The van der Waals surface area contributed by atoms with E-state index in [2.05, 4.69) is 0 Å². The van der Waals surface area contributed by atoms with Crippen molar-refractivity contribution in [1.29, 1.82) is 0 Å². The Morgan fingerprint density at radius 3 is 2.24 bits per heavy atom. The first-order valence-corrected chi connectivity index (χ1v) is 5.97. The van der Waals surface area contributed by atoms with E-state index in [1.54, 1.807) is 14.2 Å². The number of nitrogens with two attached hydrogens (primary N) is 1. The molecule has 0 bridgehead atoms. The zero-order valence-corrected chi connectivity index (χ0v) is 11.8. The fourth-order valence-electron chi connectivity index (χ4n) is 1.91. The summed E-state index contributed by atoms with van der Waals surface area (Å²) in [6, 6.07) is 1.91. The predicted octanol–water partition coefficient (Wildman–Crippen LogP) is 3.11. The molecule has 0 heterocycles. The quantitative estimate of drug-likeness (QED) is 0.901. The molecule has 0 aliphatic carbocycles. The van der Waals surface area contributed by atoms with E-state index in [9.17, 15) is 0 Å². The highest BCUT2D eigenvalue weighted by Gasteiger charge is 2.24. The van der Waals surface area contributed by atoms with E-state index < -0.39 is 5.54 Å². The lowest BCUT2D eigenvalue weighted by atomic mass is 9.89. The van der Waals surface area contributed by atoms with Crippen molar-refractivity contribution in [1.82, 2.24) is 0 Å². The van der Waals surface area contributed by atoms with Gasteiger partial charge in [-0.25, -0.2) is 0 Å². The van der Waals surface area contributed by atoms with Gasteiger partial charge in [0.25, 0.3) is 0 Å². The van der Waals surface area contributed by atoms with Crippen LogP contribution in [0.3, 0.4) is 0 Å². The largest absolute Gasteiger partial charge is 0.493 e. The number of ether oxygens (including phenoxy) is 2. The Morgan fingerprint density at radius 1 is 1.29 bits per heavy atom. The van der Waals surface area contributed by atoms with Crippen molar-refractivity contribution in [3.05, 3.63) is 22.2 Å². The van der Waals surface area contributed by atoms with Gasteiger partial charge in [-0.15, -0.1) is 0 Å². The summed E-state index contributed by atoms with van der Waals surface area (Å²) in [6.07, 6.45) is 0.801. The molecule has 1 rings (SSSR count). The lowest BCUT2D eigenvalue weighted by molar-refractivity contribution is 0.353. The fraction of sp³-hybridized carbons (Fsp3) is 0.538. The molecule has 1 aromatic rings. The second-order valence-corrected chi connectivity index (χ2v) is 4.91. The molecule has 96 valence electrons. The molecule has 0 amide bonds. The summed E-state index contributed by atoms with van der Waals surface area (Å²) < 4.78 is 10.6. The summed E-state index contributed by atoms with van der Waals surface area (Å²) in [4.78, 5) is 0. The maximum atomic E-state index is 6.34. The van der Waals surface area contributed by atoms with Gasteiger partial charge >= 0.3 is 0 Å². The van der Waals surface area contributed by atoms with Crippen LogP contribution in [0.1, 0.15) is 31.9 Å². The van der Waals surface area contributed by atoms with E-state index >= 15 is 0 Å². The topological polar surface area (TPSA) is 44.5 Å². The Balaban J connectivity index is 3.57. The zero-order valence-electron chi connectivity index (χ0n) is 11.1. The van der Waals surface area contributed by atoms with Crippen molar-refractivity contribution < 1.29 is 9.47 Å². The molecule has 0 aliphatic heterocycles. The molecule has 0 aromatic heterocycles. The third-order valence-electron chi connectivity index (χ3n) is 2.76. The molecule has 0 saturated carbocycles. The second kappa shape index (κ2) is 5.15. The fourth-order valence-corrected chi connectivity index (χ4v) is 2.32. The van der Waals surface area contributed by atoms with Gasteiger partial charge < -0.3 is 15.2 Å². The molecule has 3 nitrogen and oxygen atoms in total. The van der Waals surface area contributed by atoms with Crippen LogP contribution in [0.4, 0.5) is 0 Å². The number of benzene rings is 1. The first-order valence-electron chi connectivity index (χ1n) is 5.59. The normalized spacial score (nSPS) is 11.5. The highest BCUT2D eigenvalue weighted by molar-refractivity contribution is 6.33. The molecule has 2 N–H and O–H groups in total. The van der Waals surface area contributed by atoms with Gasteiger partial charge in [-0.2, -0.15) is 0 Å². The van der Waals surface area contributed by atoms with Crippen molar-refractivity contribution in [3.8, 4) is 11.5 Å². The molecular weight excluding hydrogens is 238 g/mol. The average molecular weight is 258 g/mol. The summed E-state index contributed by atoms with van der Waals surface area (Å²) >= 11 is 6.34. The molecule has 17 heavy (non-hydrogen) atoms. The van der Waals surface area contributed by atoms with E-state index in [-0.39, 0.29) is 0 Å². The van der Waals surface area contributed by atoms with E-state index in [0.29, 0.717) is 16.5 Å². The second-order valence-electron chi connectivity index (χ2n) is 4.53. The van der Waals surface area contributed by atoms with Gasteiger partial charge in [0.2, 0.25) is 0 Å². The Bertz CT molecular complexity index is 411. The zero-order chi connectivity index (χ0) is 13.2. The minimum absolute atomic E-state index is 0.464. The van der Waals surface area contributed by atoms with Crippen molar-refractivity contribution in [3.63, 3.8) is 0 Å². The number of rotatable bonds is 4. The van der Waals surface area contributed by atoms with Gasteiger partial charge in [0.1, 0.15) is 0 Å². The summed E-state index contributed by atoms with van der Waals surface area (Å²) in [7, 11) is 3.17. The minimum atomic E-state index is -0.464. The van der Waals surface area contributed by atoms with Gasteiger partial charge in [0, 0.05) is 5.54 Å². The molecule has 0 fully saturated rings. The smallest absolute Gasteiger partial charge is 0.179 e. The number of methoxy groups -OCH3 is 2. The Labute approximate surface area is 108 Å². The highest BCUT2D eigenvalue weighted by atomic mass is 35.5. The van der Waals surface area contributed by atoms with Gasteiger partial charge in [0.15, 0.2) is 11.5 Å². The van der Waals surface area contributed by atoms with Gasteiger partial charge in [0.05, 0.1) is 19.2 Å². The molecule has 0 unspecified atom stereocenters. The van der Waals surface area contributed by atoms with Crippen molar-refractivity contribution >= 4 is 11.6 Å². The number of hydrogen-bond acceptors (Lipinski definition) is 3. The van der Waals surface area contributed by atoms with Crippen LogP contribution >= 0.6 is 11.6 Å². The maximum Gasteiger partial charge on any atom is 0.179 e. The van der Waals surface area contributed by atoms with E-state index in [1.807, 2.05) is 26.8 Å². The van der Waals surface area contributed by atoms with E-state index in [1.165, 1.54) is 0 Å². The third-order valence-corrected chi connectivity index (χ3v) is 3.16. The van der Waals surface area contributed by atoms with Crippen LogP contribution in [0, 0.1) is 0 Å². The van der Waals surface area contributed by atoms with Crippen molar-refractivity contribution in [2.24, 2.45) is 5.73 Å². The summed E-state index contributed by atoms with van der Waals surface area (Å²) in [5, 5.41) is 0.586. The molecule has 1 aromatic carbocycles. The van der Waals surface area contributed by atoms with Crippen LogP contribution < -0.4 is 15.2 Å². The molecule has 4 heteroatoms. The first kappa shape index (κ1) is 14.1. The van der Waals surface area contributed by atoms with Gasteiger partial charge in [-0.05, 0) is 37.5 Å². The highest BCUT2D eigenvalue weighted by Crippen LogP contribution is 2.42. The number of halogens is 1. The molecule has 0 saturated heterocycles. The first-order chi connectivity index (χ1) is 7.86. The van der Waals surface area contributed by atoms with E-state index in [4.69, 9.17) is 26.8 Å². The summed E-state index contributed by atoms with van der Waals surface area (Å²) in [5.74, 6) is 1.18. The van der Waals surface area contributed by atoms with Crippen LogP contribution in [-0.2, 0) is 12.0 Å². The minimum Gasteiger partial charge on any atom is -0.493 e. The monoisotopic (exact) mass is 257 g/mol. The Hall–Kier alpha value is -0.930. The molecular formula is C13H20ClNO2. The van der Waals surface area contributed by atoms with Crippen LogP contribution in [0.5, 0.6) is 11.5 Å². The lowest BCUT2D eigenvalue weighted by Crippen LogP contribution is -2.30. The summed E-state index contributed by atoms with van der Waals surface area (Å²) in [5.41, 5.74) is 7.70. The average Bonchev–Trinajstić information content (AvgIpc) is 2.26. The lowest BCUT2D eigenvalue weighted by Gasteiger charge is -2.25. The van der Waals surface area contributed by atoms with Crippen molar-refractivity contribution in [2.75, 3.05) is 14.2 Å². The Morgan fingerprint density at radius 2 is 1.88 bits per heavy atom. The van der Waals surface area contributed by atoms with Crippen LogP contribution in [0.15, 0.2) is 6.07 Å². The molecule has 0 radical (unpaired) electrons. The standard InChI is InChI=1S/C13H20ClNO2/c1-6-8-9(13(2,3)15)7-10(16-4)12(17-5)11(8)14/h7H,6,15H2,1-5H3. The van der Waals surface area contributed by atoms with E-state index in [0.717, 1.165) is 17.5 Å². The van der Waals surface area contributed by atoms with Gasteiger partial charge in [-0.1, -0.05) is 18.5 Å². The summed E-state index contributed by atoms with van der Waals surface area (Å²) in [6.45, 7) is 5.94. The van der Waals surface area contributed by atoms with Crippen LogP contribution in [-0.4, -0.2) is 14.2 Å². The van der Waals surface area contributed by atoms with Crippen LogP contribution in [0.2, 0.25) is 5.02 Å². The SMILES string of the molecule is CCc1c(C(C)(C)N)cc(OC)c(OC)c1Cl. The van der Waals surface area contributed by atoms with Crippen molar-refractivity contribution in [2.45, 2.75) is 32.7 Å². The number of hydrogen-bond donors (Lipinski definition) is 1. The Kier molecular flexibility index (Phi) is 4.28. The molecule has 0 spiro atoms.